The molecule has 0 aliphatic rings. The van der Waals surface area contributed by atoms with E-state index in [1.807, 2.05) is 30.3 Å². The molecule has 0 spiro atoms. The van der Waals surface area contributed by atoms with Crippen molar-refractivity contribution in [2.75, 3.05) is 0 Å². The number of aliphatic hydroxyl groups excluding tert-OH is 1. The Balaban J connectivity index is 2.15. The topological polar surface area (TPSA) is 33.1 Å². The number of fused-ring (bicyclic) bond motifs is 1. The van der Waals surface area contributed by atoms with Crippen LogP contribution in [0.15, 0.2) is 59.3 Å². The van der Waals surface area contributed by atoms with Gasteiger partial charge < -0.3 is 5.11 Å². The highest BCUT2D eigenvalue weighted by atomic mass is 79.9. The second kappa shape index (κ2) is 5.52. The van der Waals surface area contributed by atoms with Gasteiger partial charge in [-0.3, -0.25) is 4.98 Å². The third-order valence-electron chi connectivity index (χ3n) is 3.21. The summed E-state index contributed by atoms with van der Waals surface area (Å²) in [5, 5.41) is 13.2. The lowest BCUT2D eigenvalue weighted by atomic mass is 9.97. The molecule has 1 aromatic heterocycles. The molecule has 1 atom stereocenters. The van der Waals surface area contributed by atoms with Crippen molar-refractivity contribution in [3.63, 3.8) is 0 Å². The average molecular weight is 349 g/mol. The van der Waals surface area contributed by atoms with Gasteiger partial charge in [-0.15, -0.1) is 0 Å². The van der Waals surface area contributed by atoms with E-state index in [0.29, 0.717) is 5.02 Å². The van der Waals surface area contributed by atoms with E-state index in [4.69, 9.17) is 11.6 Å². The number of pyridine rings is 1. The van der Waals surface area contributed by atoms with Gasteiger partial charge in [0.2, 0.25) is 0 Å². The number of nitrogens with zero attached hydrogens (tertiary/aromatic N) is 1. The molecule has 2 nitrogen and oxygen atoms in total. The van der Waals surface area contributed by atoms with Crippen LogP contribution in [0.3, 0.4) is 0 Å². The summed E-state index contributed by atoms with van der Waals surface area (Å²) in [6, 6.07) is 13.2. The Labute approximate surface area is 130 Å². The lowest BCUT2D eigenvalue weighted by molar-refractivity contribution is 0.222. The van der Waals surface area contributed by atoms with Crippen LogP contribution in [0.25, 0.3) is 10.8 Å². The molecule has 1 heterocycles. The number of aliphatic hydroxyl groups is 1. The van der Waals surface area contributed by atoms with Crippen molar-refractivity contribution in [2.24, 2.45) is 0 Å². The minimum absolute atomic E-state index is 0.590. The zero-order chi connectivity index (χ0) is 14.1. The number of hydrogen-bond donors (Lipinski definition) is 1. The van der Waals surface area contributed by atoms with E-state index in [2.05, 4.69) is 20.9 Å². The predicted octanol–water partition coefficient (Wildman–Crippen LogP) is 4.73. The lowest BCUT2D eigenvalue weighted by Gasteiger charge is -2.14. The minimum atomic E-state index is -0.738. The molecule has 0 saturated carbocycles. The van der Waals surface area contributed by atoms with Crippen molar-refractivity contribution in [3.05, 3.63) is 75.5 Å². The smallest absolute Gasteiger partial charge is 0.105 e. The summed E-state index contributed by atoms with van der Waals surface area (Å²) < 4.78 is 0.845. The van der Waals surface area contributed by atoms with Crippen molar-refractivity contribution in [3.8, 4) is 0 Å². The van der Waals surface area contributed by atoms with Crippen molar-refractivity contribution in [1.29, 1.82) is 0 Å². The Morgan fingerprint density at radius 2 is 2.00 bits per heavy atom. The van der Waals surface area contributed by atoms with E-state index in [1.165, 1.54) is 0 Å². The highest BCUT2D eigenvalue weighted by molar-refractivity contribution is 9.10. The van der Waals surface area contributed by atoms with E-state index in [1.54, 1.807) is 24.5 Å². The summed E-state index contributed by atoms with van der Waals surface area (Å²) in [4.78, 5) is 4.14. The number of hydrogen-bond acceptors (Lipinski definition) is 2. The minimum Gasteiger partial charge on any atom is -0.384 e. The first-order chi connectivity index (χ1) is 9.65. The number of rotatable bonds is 2. The second-order valence-electron chi connectivity index (χ2n) is 4.55. The SMILES string of the molecule is OC(c1cc(Cl)cc(Br)c1)c1cccc2ccncc12. The largest absolute Gasteiger partial charge is 0.384 e. The molecule has 0 bridgehead atoms. The van der Waals surface area contributed by atoms with Crippen LogP contribution in [-0.2, 0) is 0 Å². The quantitative estimate of drug-likeness (QED) is 0.726. The highest BCUT2D eigenvalue weighted by Gasteiger charge is 2.14. The molecule has 2 aromatic carbocycles. The van der Waals surface area contributed by atoms with Gasteiger partial charge in [-0.1, -0.05) is 45.7 Å². The predicted molar refractivity (Wildman–Crippen MR) is 85.0 cm³/mol. The van der Waals surface area contributed by atoms with Crippen LogP contribution in [0.2, 0.25) is 5.02 Å². The van der Waals surface area contributed by atoms with Crippen molar-refractivity contribution in [1.82, 2.24) is 4.98 Å². The molecule has 3 rings (SSSR count). The zero-order valence-corrected chi connectivity index (χ0v) is 12.8. The Bertz CT molecular complexity index is 750. The van der Waals surface area contributed by atoms with Crippen LogP contribution < -0.4 is 0 Å². The van der Waals surface area contributed by atoms with Gasteiger partial charge in [0.1, 0.15) is 6.10 Å². The number of halogens is 2. The maximum Gasteiger partial charge on any atom is 0.105 e. The van der Waals surface area contributed by atoms with Gasteiger partial charge in [0, 0.05) is 27.3 Å². The highest BCUT2D eigenvalue weighted by Crippen LogP contribution is 2.31. The van der Waals surface area contributed by atoms with Gasteiger partial charge in [0.15, 0.2) is 0 Å². The Kier molecular flexibility index (Phi) is 3.74. The summed E-state index contributed by atoms with van der Waals surface area (Å²) in [5.74, 6) is 0. The van der Waals surface area contributed by atoms with E-state index < -0.39 is 6.10 Å². The normalized spacial score (nSPS) is 12.6. The Hall–Kier alpha value is -1.42. The van der Waals surface area contributed by atoms with E-state index in [-0.39, 0.29) is 0 Å². The molecule has 100 valence electrons. The second-order valence-corrected chi connectivity index (χ2v) is 5.90. The fourth-order valence-electron chi connectivity index (χ4n) is 2.29. The third-order valence-corrected chi connectivity index (χ3v) is 3.89. The summed E-state index contributed by atoms with van der Waals surface area (Å²) in [6.45, 7) is 0. The fraction of sp³-hybridized carbons (Fsp3) is 0.0625. The maximum atomic E-state index is 10.6. The molecular formula is C16H11BrClNO. The Morgan fingerprint density at radius 1 is 1.15 bits per heavy atom. The van der Waals surface area contributed by atoms with Crippen LogP contribution in [0.1, 0.15) is 17.2 Å². The molecular weight excluding hydrogens is 338 g/mol. The lowest BCUT2D eigenvalue weighted by Crippen LogP contribution is -2.01. The molecule has 3 aromatic rings. The van der Waals surface area contributed by atoms with Gasteiger partial charge in [-0.2, -0.15) is 0 Å². The molecule has 0 aliphatic heterocycles. The first-order valence-electron chi connectivity index (χ1n) is 6.12. The van der Waals surface area contributed by atoms with Crippen LogP contribution >= 0.6 is 27.5 Å². The van der Waals surface area contributed by atoms with E-state index in [9.17, 15) is 5.11 Å². The summed E-state index contributed by atoms with van der Waals surface area (Å²) in [5.41, 5.74) is 1.57. The van der Waals surface area contributed by atoms with E-state index in [0.717, 1.165) is 26.4 Å². The molecule has 4 heteroatoms. The fourth-order valence-corrected chi connectivity index (χ4v) is 3.17. The third kappa shape index (κ3) is 2.57. The number of aromatic nitrogens is 1. The number of benzene rings is 2. The van der Waals surface area contributed by atoms with Gasteiger partial charge in [-0.05, 0) is 40.8 Å². The maximum absolute atomic E-state index is 10.6. The van der Waals surface area contributed by atoms with Crippen LogP contribution in [-0.4, -0.2) is 10.1 Å². The monoisotopic (exact) mass is 347 g/mol. The van der Waals surface area contributed by atoms with Crippen molar-refractivity contribution in [2.45, 2.75) is 6.10 Å². The van der Waals surface area contributed by atoms with Gasteiger partial charge in [0.25, 0.3) is 0 Å². The molecule has 0 saturated heterocycles. The van der Waals surface area contributed by atoms with Crippen LogP contribution in [0.5, 0.6) is 0 Å². The first kappa shape index (κ1) is 13.6. The zero-order valence-electron chi connectivity index (χ0n) is 10.4. The molecule has 0 radical (unpaired) electrons. The summed E-state index contributed by atoms with van der Waals surface area (Å²) in [6.07, 6.45) is 2.78. The molecule has 1 unspecified atom stereocenters. The first-order valence-corrected chi connectivity index (χ1v) is 7.29. The summed E-state index contributed by atoms with van der Waals surface area (Å²) >= 11 is 9.44. The molecule has 0 aliphatic carbocycles. The van der Waals surface area contributed by atoms with Crippen molar-refractivity contribution < 1.29 is 5.11 Å². The Morgan fingerprint density at radius 3 is 2.80 bits per heavy atom. The average Bonchev–Trinajstić information content (AvgIpc) is 2.45. The van der Waals surface area contributed by atoms with Gasteiger partial charge in [-0.25, -0.2) is 0 Å². The van der Waals surface area contributed by atoms with Crippen LogP contribution in [0, 0.1) is 0 Å². The molecule has 0 fully saturated rings. The molecule has 0 amide bonds. The van der Waals surface area contributed by atoms with Gasteiger partial charge >= 0.3 is 0 Å². The molecule has 20 heavy (non-hydrogen) atoms. The summed E-state index contributed by atoms with van der Waals surface area (Å²) in [7, 11) is 0. The van der Waals surface area contributed by atoms with Crippen molar-refractivity contribution >= 4 is 38.3 Å². The molecule has 1 N–H and O–H groups in total. The van der Waals surface area contributed by atoms with Gasteiger partial charge in [0.05, 0.1) is 0 Å². The van der Waals surface area contributed by atoms with Crippen LogP contribution in [0.4, 0.5) is 0 Å². The standard InChI is InChI=1S/C16H11BrClNO/c17-12-6-11(7-13(18)8-12)16(20)14-3-1-2-10-4-5-19-9-15(10)14/h1-9,16,20H. The van der Waals surface area contributed by atoms with E-state index >= 15 is 0 Å².